The van der Waals surface area contributed by atoms with E-state index < -0.39 is 11.7 Å². The number of piperidine rings is 1. The van der Waals surface area contributed by atoms with E-state index in [1.54, 1.807) is 30.7 Å². The zero-order valence-corrected chi connectivity index (χ0v) is 21.3. The van der Waals surface area contributed by atoms with Crippen LogP contribution in [-0.2, 0) is 4.74 Å². The van der Waals surface area contributed by atoms with Crippen molar-refractivity contribution in [1.29, 1.82) is 0 Å². The van der Waals surface area contributed by atoms with Crippen molar-refractivity contribution in [3.8, 4) is 0 Å². The fourth-order valence-electron chi connectivity index (χ4n) is 4.03. The molecule has 0 bridgehead atoms. The van der Waals surface area contributed by atoms with E-state index in [1.807, 2.05) is 27.7 Å². The first-order valence-electron chi connectivity index (χ1n) is 11.2. The lowest BCUT2D eigenvalue weighted by Crippen LogP contribution is -2.49. The molecule has 34 heavy (non-hydrogen) atoms. The molecule has 0 spiro atoms. The van der Waals surface area contributed by atoms with Gasteiger partial charge in [0.1, 0.15) is 11.2 Å². The maximum absolute atomic E-state index is 12.9. The summed E-state index contributed by atoms with van der Waals surface area (Å²) in [5.74, 6) is -0.248. The van der Waals surface area contributed by atoms with Gasteiger partial charge in [0.15, 0.2) is 0 Å². The van der Waals surface area contributed by atoms with Crippen LogP contribution in [0.2, 0.25) is 0 Å². The standard InChI is InChI=1S/C24H29BrN6O3/c1-14-7-8-15(10-26-14)22(32)30-18-12-28-21-19(18)20(17(25)11-27-21)31-9-5-6-16(13-31)29-23(33)34-24(2,3)4/h7-8,10-12,16H,5-6,9,13H2,1-4H3,(H,27,28)(H,29,33)(H,30,32). The summed E-state index contributed by atoms with van der Waals surface area (Å²) in [5.41, 5.74) is 2.98. The Hall–Kier alpha value is -3.14. The van der Waals surface area contributed by atoms with Crippen LogP contribution in [0.15, 0.2) is 35.2 Å². The summed E-state index contributed by atoms with van der Waals surface area (Å²) in [4.78, 5) is 39.2. The molecule has 10 heteroatoms. The van der Waals surface area contributed by atoms with Crippen molar-refractivity contribution >= 4 is 50.3 Å². The first-order chi connectivity index (χ1) is 16.1. The van der Waals surface area contributed by atoms with Crippen molar-refractivity contribution in [3.05, 3.63) is 46.5 Å². The quantitative estimate of drug-likeness (QED) is 0.449. The lowest BCUT2D eigenvalue weighted by atomic mass is 10.0. The number of fused-ring (bicyclic) bond motifs is 1. The number of aryl methyl sites for hydroxylation is 1. The molecule has 4 heterocycles. The predicted molar refractivity (Wildman–Crippen MR) is 135 cm³/mol. The molecule has 0 saturated carbocycles. The summed E-state index contributed by atoms with van der Waals surface area (Å²) >= 11 is 3.65. The van der Waals surface area contributed by atoms with Gasteiger partial charge in [-0.05, 0) is 68.6 Å². The van der Waals surface area contributed by atoms with E-state index in [0.29, 0.717) is 23.4 Å². The number of aromatic amines is 1. The monoisotopic (exact) mass is 528 g/mol. The zero-order valence-electron chi connectivity index (χ0n) is 19.7. The highest BCUT2D eigenvalue weighted by Gasteiger charge is 2.27. The number of ether oxygens (including phenoxy) is 1. The van der Waals surface area contributed by atoms with Gasteiger partial charge in [-0.1, -0.05) is 0 Å². The average molecular weight is 529 g/mol. The number of H-pyrrole nitrogens is 1. The van der Waals surface area contributed by atoms with Crippen molar-refractivity contribution in [2.24, 2.45) is 0 Å². The van der Waals surface area contributed by atoms with Crippen LogP contribution in [0, 0.1) is 6.92 Å². The minimum atomic E-state index is -0.552. The molecule has 1 fully saturated rings. The van der Waals surface area contributed by atoms with Gasteiger partial charge < -0.3 is 25.3 Å². The van der Waals surface area contributed by atoms with E-state index in [-0.39, 0.29) is 11.9 Å². The van der Waals surface area contributed by atoms with Crippen LogP contribution >= 0.6 is 15.9 Å². The highest BCUT2D eigenvalue weighted by molar-refractivity contribution is 9.10. The van der Waals surface area contributed by atoms with Crippen molar-refractivity contribution in [2.75, 3.05) is 23.3 Å². The molecule has 2 amide bonds. The summed E-state index contributed by atoms with van der Waals surface area (Å²) < 4.78 is 6.24. The maximum Gasteiger partial charge on any atom is 0.407 e. The van der Waals surface area contributed by atoms with Crippen LogP contribution < -0.4 is 15.5 Å². The first-order valence-corrected chi connectivity index (χ1v) is 12.0. The van der Waals surface area contributed by atoms with E-state index in [2.05, 4.69) is 46.4 Å². The molecule has 9 nitrogen and oxygen atoms in total. The van der Waals surface area contributed by atoms with Crippen LogP contribution in [0.4, 0.5) is 16.2 Å². The van der Waals surface area contributed by atoms with Crippen molar-refractivity contribution < 1.29 is 14.3 Å². The number of anilines is 2. The van der Waals surface area contributed by atoms with E-state index in [4.69, 9.17) is 4.74 Å². The maximum atomic E-state index is 12.9. The number of amides is 2. The minimum Gasteiger partial charge on any atom is -0.444 e. The molecule has 1 saturated heterocycles. The topological polar surface area (TPSA) is 112 Å². The molecule has 1 aliphatic heterocycles. The van der Waals surface area contributed by atoms with Gasteiger partial charge in [-0.25, -0.2) is 9.78 Å². The summed E-state index contributed by atoms with van der Waals surface area (Å²) in [6.07, 6.45) is 6.39. The molecule has 3 aromatic rings. The molecule has 1 atom stereocenters. The average Bonchev–Trinajstić information content (AvgIpc) is 3.15. The minimum absolute atomic E-state index is 0.0608. The van der Waals surface area contributed by atoms with Crippen LogP contribution in [0.25, 0.3) is 11.0 Å². The third kappa shape index (κ3) is 5.49. The second kappa shape index (κ2) is 9.61. The number of nitrogens with zero attached hydrogens (tertiary/aromatic N) is 3. The molecule has 0 radical (unpaired) electrons. The lowest BCUT2D eigenvalue weighted by Gasteiger charge is -2.36. The zero-order chi connectivity index (χ0) is 24.5. The van der Waals surface area contributed by atoms with Crippen LogP contribution in [0.1, 0.15) is 49.7 Å². The van der Waals surface area contributed by atoms with Gasteiger partial charge in [0, 0.05) is 43.4 Å². The smallest absolute Gasteiger partial charge is 0.407 e. The Morgan fingerprint density at radius 1 is 1.24 bits per heavy atom. The van der Waals surface area contributed by atoms with E-state index >= 15 is 0 Å². The summed E-state index contributed by atoms with van der Waals surface area (Å²) in [7, 11) is 0. The van der Waals surface area contributed by atoms with Gasteiger partial charge in [-0.15, -0.1) is 0 Å². The number of carbonyl (C=O) groups is 2. The molecule has 1 unspecified atom stereocenters. The molecule has 3 aromatic heterocycles. The number of hydrogen-bond acceptors (Lipinski definition) is 6. The largest absolute Gasteiger partial charge is 0.444 e. The Balaban J connectivity index is 1.59. The van der Waals surface area contributed by atoms with Crippen LogP contribution in [-0.4, -0.2) is 51.7 Å². The lowest BCUT2D eigenvalue weighted by molar-refractivity contribution is 0.0500. The second-order valence-corrected chi connectivity index (χ2v) is 10.3. The van der Waals surface area contributed by atoms with E-state index in [9.17, 15) is 9.59 Å². The highest BCUT2D eigenvalue weighted by Crippen LogP contribution is 2.39. The molecule has 3 N–H and O–H groups in total. The van der Waals surface area contributed by atoms with Crippen LogP contribution in [0.3, 0.4) is 0 Å². The van der Waals surface area contributed by atoms with Gasteiger partial charge in [-0.3, -0.25) is 9.78 Å². The van der Waals surface area contributed by atoms with Crippen molar-refractivity contribution in [3.63, 3.8) is 0 Å². The third-order valence-corrected chi connectivity index (χ3v) is 6.09. The van der Waals surface area contributed by atoms with Gasteiger partial charge in [0.25, 0.3) is 5.91 Å². The fourth-order valence-corrected chi connectivity index (χ4v) is 4.58. The molecule has 0 aromatic carbocycles. The first kappa shape index (κ1) is 24.0. The summed E-state index contributed by atoms with van der Waals surface area (Å²) in [6, 6.07) is 3.49. The fraction of sp³-hybridized carbons (Fsp3) is 0.417. The van der Waals surface area contributed by atoms with E-state index in [1.165, 1.54) is 0 Å². The molecule has 180 valence electrons. The van der Waals surface area contributed by atoms with Gasteiger partial charge in [-0.2, -0.15) is 0 Å². The van der Waals surface area contributed by atoms with E-state index in [0.717, 1.165) is 40.6 Å². The number of alkyl carbamates (subject to hydrolysis) is 1. The normalized spacial score (nSPS) is 16.4. The number of pyridine rings is 2. The summed E-state index contributed by atoms with van der Waals surface area (Å²) in [6.45, 7) is 8.83. The Kier molecular flexibility index (Phi) is 6.79. The Morgan fingerprint density at radius 2 is 2.03 bits per heavy atom. The molecule has 1 aliphatic rings. The van der Waals surface area contributed by atoms with Gasteiger partial charge >= 0.3 is 6.09 Å². The number of halogens is 1. The Morgan fingerprint density at radius 3 is 2.74 bits per heavy atom. The number of aromatic nitrogens is 3. The molecular formula is C24H29BrN6O3. The Bertz CT molecular complexity index is 1200. The van der Waals surface area contributed by atoms with Crippen LogP contribution in [0.5, 0.6) is 0 Å². The van der Waals surface area contributed by atoms with Crippen molar-refractivity contribution in [2.45, 2.75) is 52.2 Å². The number of rotatable bonds is 4. The molecular weight excluding hydrogens is 500 g/mol. The molecule has 4 rings (SSSR count). The van der Waals surface area contributed by atoms with Crippen molar-refractivity contribution in [1.82, 2.24) is 20.3 Å². The second-order valence-electron chi connectivity index (χ2n) is 9.45. The van der Waals surface area contributed by atoms with Gasteiger partial charge in [0.2, 0.25) is 0 Å². The number of nitrogens with one attached hydrogen (secondary N) is 3. The predicted octanol–water partition coefficient (Wildman–Crippen LogP) is 4.77. The Labute approximate surface area is 206 Å². The van der Waals surface area contributed by atoms with Gasteiger partial charge in [0.05, 0.1) is 26.8 Å². The SMILES string of the molecule is Cc1ccc(C(=O)Nc2c[nH]c3ncc(Br)c(N4CCCC(NC(=O)OC(C)(C)C)C4)c23)cn1. The highest BCUT2D eigenvalue weighted by atomic mass is 79.9. The summed E-state index contributed by atoms with van der Waals surface area (Å²) in [5, 5.41) is 6.79. The number of carbonyl (C=O) groups excluding carboxylic acids is 2. The number of hydrogen-bond donors (Lipinski definition) is 3. The molecule has 0 aliphatic carbocycles. The third-order valence-electron chi connectivity index (χ3n) is 5.51.